The first-order valence-electron chi connectivity index (χ1n) is 18.4. The third-order valence-corrected chi connectivity index (χ3v) is 9.64. The first-order valence-corrected chi connectivity index (χ1v) is 18.4. The van der Waals surface area contributed by atoms with Crippen LogP contribution in [0.3, 0.4) is 0 Å². The molecule has 2 N–H and O–H groups in total. The first-order chi connectivity index (χ1) is 26.3. The average Bonchev–Trinajstić information content (AvgIpc) is 3.47. The number of esters is 2. The van der Waals surface area contributed by atoms with Gasteiger partial charge < -0.3 is 38.0 Å². The lowest BCUT2D eigenvalue weighted by Crippen LogP contribution is -2.42. The highest BCUT2D eigenvalue weighted by atomic mass is 16.6. The van der Waals surface area contributed by atoms with Gasteiger partial charge >= 0.3 is 11.9 Å². The monoisotopic (exact) mass is 758 g/mol. The molecule has 12 nitrogen and oxygen atoms in total. The Labute approximate surface area is 323 Å². The number of aliphatic hydroxyl groups is 2. The number of rotatable bonds is 7. The zero-order valence-electron chi connectivity index (χ0n) is 32.6. The lowest BCUT2D eigenvalue weighted by molar-refractivity contribution is -0.0461. The van der Waals surface area contributed by atoms with Crippen LogP contribution in [0.15, 0.2) is 113 Å². The molecule has 0 radical (unpaired) electrons. The maximum absolute atomic E-state index is 13.3. The molecule has 2 aliphatic heterocycles. The Balaban J connectivity index is 1.58. The largest absolute Gasteiger partial charge is 0.457 e. The van der Waals surface area contributed by atoms with Gasteiger partial charge in [0.1, 0.15) is 36.9 Å². The molecule has 2 aromatic heterocycles. The van der Waals surface area contributed by atoms with Gasteiger partial charge in [0.25, 0.3) is 0 Å². The second-order valence-corrected chi connectivity index (χ2v) is 14.5. The summed E-state index contributed by atoms with van der Waals surface area (Å²) in [5.41, 5.74) is -1.66. The minimum atomic E-state index is -0.880. The highest BCUT2D eigenvalue weighted by Crippen LogP contribution is 2.34. The van der Waals surface area contributed by atoms with Crippen molar-refractivity contribution >= 4 is 18.0 Å². The van der Waals surface area contributed by atoms with Crippen molar-refractivity contribution in [2.24, 2.45) is 10.8 Å². The Hall–Kier alpha value is -4.88. The van der Waals surface area contributed by atoms with E-state index in [9.17, 15) is 19.8 Å². The number of aliphatic hydroxyl groups excluding tert-OH is 2. The van der Waals surface area contributed by atoms with Gasteiger partial charge in [0.2, 0.25) is 5.89 Å². The molecule has 4 heterocycles. The van der Waals surface area contributed by atoms with Crippen molar-refractivity contribution < 1.29 is 47.6 Å². The summed E-state index contributed by atoms with van der Waals surface area (Å²) in [7, 11) is 1.56. The molecular formula is C43H54N2O10. The molecule has 296 valence electrons. The Morgan fingerprint density at radius 3 is 1.95 bits per heavy atom. The SMILES string of the molecule is C/C=C/C(O)C(C)(C)C1C\C=C/C=C\C=C\C(OC)Cc2nc(co2)C(=O)OC(C(C)(C)C(O)/C=C/C)C/C=C\C2OC2/C=C/C=C\c2nc(co2)C(=O)O1. The Morgan fingerprint density at radius 2 is 1.31 bits per heavy atom. The van der Waals surface area contributed by atoms with E-state index >= 15 is 0 Å². The van der Waals surface area contributed by atoms with Gasteiger partial charge in [-0.05, 0) is 13.8 Å². The molecular weight excluding hydrogens is 704 g/mol. The van der Waals surface area contributed by atoms with E-state index in [2.05, 4.69) is 9.97 Å². The third-order valence-electron chi connectivity index (χ3n) is 9.64. The van der Waals surface area contributed by atoms with Crippen molar-refractivity contribution in [2.45, 2.75) is 104 Å². The van der Waals surface area contributed by atoms with Gasteiger partial charge in [0.15, 0.2) is 17.3 Å². The van der Waals surface area contributed by atoms with Crippen LogP contribution in [0.5, 0.6) is 0 Å². The summed E-state index contributed by atoms with van der Waals surface area (Å²) >= 11 is 0. The van der Waals surface area contributed by atoms with E-state index in [1.54, 1.807) is 49.6 Å². The Bertz CT molecular complexity index is 1800. The second-order valence-electron chi connectivity index (χ2n) is 14.5. The molecule has 0 saturated carbocycles. The molecule has 55 heavy (non-hydrogen) atoms. The van der Waals surface area contributed by atoms with E-state index in [0.717, 1.165) is 0 Å². The van der Waals surface area contributed by atoms with Gasteiger partial charge in [-0.15, -0.1) is 0 Å². The topological polar surface area (TPSA) is 167 Å². The van der Waals surface area contributed by atoms with E-state index < -0.39 is 53.3 Å². The summed E-state index contributed by atoms with van der Waals surface area (Å²) in [6.07, 6.45) is 28.0. The molecule has 2 aliphatic rings. The summed E-state index contributed by atoms with van der Waals surface area (Å²) in [5.74, 6) is -0.828. The molecule has 0 spiro atoms. The Morgan fingerprint density at radius 1 is 0.745 bits per heavy atom. The minimum Gasteiger partial charge on any atom is -0.457 e. The number of allylic oxidation sites excluding steroid dienone is 8. The molecule has 4 rings (SSSR count). The molecule has 12 heteroatoms. The van der Waals surface area contributed by atoms with Crippen LogP contribution in [0, 0.1) is 10.8 Å². The van der Waals surface area contributed by atoms with Gasteiger partial charge in [-0.1, -0.05) is 119 Å². The van der Waals surface area contributed by atoms with E-state index in [1.807, 2.05) is 96.2 Å². The lowest BCUT2D eigenvalue weighted by atomic mass is 9.79. The van der Waals surface area contributed by atoms with Crippen LogP contribution in [0.25, 0.3) is 6.08 Å². The van der Waals surface area contributed by atoms with Crippen LogP contribution >= 0.6 is 0 Å². The van der Waals surface area contributed by atoms with Crippen molar-refractivity contribution in [3.05, 3.63) is 127 Å². The summed E-state index contributed by atoms with van der Waals surface area (Å²) in [5, 5.41) is 21.8. The van der Waals surface area contributed by atoms with Crippen LogP contribution in [-0.4, -0.2) is 82.0 Å². The molecule has 7 atom stereocenters. The molecule has 1 fully saturated rings. The summed E-state index contributed by atoms with van der Waals surface area (Å²) < 4.78 is 34.3. The number of methoxy groups -OCH3 is 1. The fourth-order valence-electron chi connectivity index (χ4n) is 5.68. The maximum Gasteiger partial charge on any atom is 0.360 e. The van der Waals surface area contributed by atoms with Gasteiger partial charge in [-0.3, -0.25) is 0 Å². The van der Waals surface area contributed by atoms with Gasteiger partial charge in [0.05, 0.1) is 24.7 Å². The number of aromatic nitrogens is 2. The third kappa shape index (κ3) is 12.3. The number of carbonyl (C=O) groups is 2. The smallest absolute Gasteiger partial charge is 0.360 e. The molecule has 1 saturated heterocycles. The summed E-state index contributed by atoms with van der Waals surface area (Å²) in [6, 6.07) is 0. The summed E-state index contributed by atoms with van der Waals surface area (Å²) in [4.78, 5) is 35.2. The number of cyclic esters (lactones) is 2. The number of epoxide rings is 1. The molecule has 7 unspecified atom stereocenters. The average molecular weight is 759 g/mol. The molecule has 0 aromatic carbocycles. The standard InChI is InChI=1S/C43H54N2O10/c1-8-18-34(46)42(3,4)36-23-14-12-10-11-13-20-29(50-7)26-39-45-31(28-52-39)41(49)55-37(43(5,6)35(47)19-9-2)24-17-22-33-32(53-33)21-15-16-25-38-44-30(27-51-38)40(48)54-36/h8-22,25,27-29,32-37,46-47H,23-24,26H2,1-7H3/b11-10-,14-12-,18-8+,19-9+,20-13+,21-15+,22-17-,25-16-. The van der Waals surface area contributed by atoms with Gasteiger partial charge in [-0.2, -0.15) is 0 Å². The Kier molecular flexibility index (Phi) is 15.7. The predicted octanol–water partition coefficient (Wildman–Crippen LogP) is 7.25. The fraction of sp³-hybridized carbons (Fsp3) is 0.442. The van der Waals surface area contributed by atoms with Crippen molar-refractivity contribution in [3.8, 4) is 0 Å². The molecule has 4 bridgehead atoms. The minimum absolute atomic E-state index is 0.00780. The number of oxazole rings is 2. The predicted molar refractivity (Wildman–Crippen MR) is 208 cm³/mol. The molecule has 0 amide bonds. The normalized spacial score (nSPS) is 28.3. The number of hydrogen-bond acceptors (Lipinski definition) is 12. The van der Waals surface area contributed by atoms with Crippen molar-refractivity contribution in [2.75, 3.05) is 7.11 Å². The summed E-state index contributed by atoms with van der Waals surface area (Å²) in [6.45, 7) is 11.0. The molecule has 2 aromatic rings. The zero-order chi connectivity index (χ0) is 40.0. The van der Waals surface area contributed by atoms with Crippen LogP contribution in [0.1, 0.15) is 87.1 Å². The van der Waals surface area contributed by atoms with Gasteiger partial charge in [-0.25, -0.2) is 19.6 Å². The lowest BCUT2D eigenvalue weighted by Gasteiger charge is -2.36. The quantitative estimate of drug-likeness (QED) is 0.165. The second kappa shape index (κ2) is 20.2. The first kappa shape index (κ1) is 42.9. The number of nitrogens with zero attached hydrogens (tertiary/aromatic N) is 2. The van der Waals surface area contributed by atoms with E-state index in [0.29, 0.717) is 18.7 Å². The highest BCUT2D eigenvalue weighted by molar-refractivity contribution is 5.87. The van der Waals surface area contributed by atoms with Gasteiger partial charge in [0, 0.05) is 36.9 Å². The van der Waals surface area contributed by atoms with Crippen molar-refractivity contribution in [1.82, 2.24) is 9.97 Å². The van der Waals surface area contributed by atoms with E-state index in [-0.39, 0.29) is 35.9 Å². The number of carbonyl (C=O) groups excluding carboxylic acids is 2. The van der Waals surface area contributed by atoms with Crippen LogP contribution in [0.4, 0.5) is 0 Å². The number of fused-ring (bicyclic) bond motifs is 5. The zero-order valence-corrected chi connectivity index (χ0v) is 32.6. The maximum atomic E-state index is 13.3. The van der Waals surface area contributed by atoms with Crippen LogP contribution < -0.4 is 0 Å². The van der Waals surface area contributed by atoms with E-state index in [4.69, 9.17) is 27.8 Å². The number of hydrogen-bond donors (Lipinski definition) is 2. The van der Waals surface area contributed by atoms with Crippen molar-refractivity contribution in [1.29, 1.82) is 0 Å². The fourth-order valence-corrected chi connectivity index (χ4v) is 5.68. The number of ether oxygens (including phenoxy) is 4. The van der Waals surface area contributed by atoms with Crippen LogP contribution in [-0.2, 0) is 25.4 Å². The highest BCUT2D eigenvalue weighted by Gasteiger charge is 2.40. The van der Waals surface area contributed by atoms with Crippen LogP contribution in [0.2, 0.25) is 0 Å². The van der Waals surface area contributed by atoms with E-state index in [1.165, 1.54) is 12.5 Å². The molecule has 0 aliphatic carbocycles. The van der Waals surface area contributed by atoms with Crippen molar-refractivity contribution in [3.63, 3.8) is 0 Å².